The van der Waals surface area contributed by atoms with Crippen LogP contribution < -0.4 is 10.6 Å². The Morgan fingerprint density at radius 2 is 1.62 bits per heavy atom. The van der Waals surface area contributed by atoms with Crippen molar-refractivity contribution < 1.29 is 22.0 Å². The molecule has 0 amide bonds. The van der Waals surface area contributed by atoms with Gasteiger partial charge in [0.15, 0.2) is 29.2 Å². The SMILES string of the molecule is CN=C(NCc1coc(-c2ccc(C)cc2)n1)NCc1c(F)c(F)cc(F)c1F. The van der Waals surface area contributed by atoms with Crippen LogP contribution in [0, 0.1) is 30.2 Å². The van der Waals surface area contributed by atoms with E-state index in [0.29, 0.717) is 11.6 Å². The van der Waals surface area contributed by atoms with Gasteiger partial charge in [0.05, 0.1) is 12.2 Å². The number of nitrogens with zero attached hydrogens (tertiary/aromatic N) is 2. The van der Waals surface area contributed by atoms with Crippen LogP contribution in [-0.4, -0.2) is 18.0 Å². The molecule has 0 spiro atoms. The van der Waals surface area contributed by atoms with Gasteiger partial charge in [-0.05, 0) is 19.1 Å². The van der Waals surface area contributed by atoms with Gasteiger partial charge in [-0.25, -0.2) is 22.5 Å². The molecule has 0 fully saturated rings. The molecule has 0 saturated heterocycles. The molecule has 1 aromatic heterocycles. The molecule has 5 nitrogen and oxygen atoms in total. The fourth-order valence-corrected chi connectivity index (χ4v) is 2.56. The quantitative estimate of drug-likeness (QED) is 0.290. The number of aromatic nitrogens is 1. The average molecular weight is 406 g/mol. The van der Waals surface area contributed by atoms with Crippen molar-refractivity contribution in [2.75, 3.05) is 7.05 Å². The number of oxazole rings is 1. The molecule has 0 radical (unpaired) electrons. The summed E-state index contributed by atoms with van der Waals surface area (Å²) in [6, 6.07) is 7.82. The van der Waals surface area contributed by atoms with Crippen molar-refractivity contribution in [1.29, 1.82) is 0 Å². The zero-order valence-electron chi connectivity index (χ0n) is 15.7. The van der Waals surface area contributed by atoms with Gasteiger partial charge in [-0.1, -0.05) is 17.7 Å². The number of aryl methyl sites for hydroxylation is 1. The highest BCUT2D eigenvalue weighted by Gasteiger charge is 2.19. The van der Waals surface area contributed by atoms with Crippen LogP contribution in [0.15, 0.2) is 46.0 Å². The summed E-state index contributed by atoms with van der Waals surface area (Å²) in [6.07, 6.45) is 1.47. The van der Waals surface area contributed by atoms with Gasteiger partial charge >= 0.3 is 0 Å². The molecule has 1 heterocycles. The molecule has 2 aromatic carbocycles. The van der Waals surface area contributed by atoms with Crippen molar-refractivity contribution in [3.8, 4) is 11.5 Å². The fraction of sp³-hybridized carbons (Fsp3) is 0.200. The van der Waals surface area contributed by atoms with Gasteiger partial charge in [0, 0.05) is 30.8 Å². The van der Waals surface area contributed by atoms with E-state index in [1.807, 2.05) is 31.2 Å². The van der Waals surface area contributed by atoms with Gasteiger partial charge < -0.3 is 15.1 Å². The van der Waals surface area contributed by atoms with Crippen LogP contribution in [0.2, 0.25) is 0 Å². The molecular formula is C20H18F4N4O. The lowest BCUT2D eigenvalue weighted by atomic mass is 10.1. The first kappa shape index (κ1) is 20.4. The van der Waals surface area contributed by atoms with Gasteiger partial charge in [0.1, 0.15) is 6.26 Å². The second-order valence-corrected chi connectivity index (χ2v) is 6.24. The van der Waals surface area contributed by atoms with Crippen LogP contribution in [0.1, 0.15) is 16.8 Å². The van der Waals surface area contributed by atoms with E-state index < -0.39 is 35.4 Å². The third kappa shape index (κ3) is 4.74. The summed E-state index contributed by atoms with van der Waals surface area (Å²) in [4.78, 5) is 8.26. The van der Waals surface area contributed by atoms with Gasteiger partial charge in [-0.3, -0.25) is 4.99 Å². The predicted molar refractivity (Wildman–Crippen MR) is 100.0 cm³/mol. The minimum Gasteiger partial charge on any atom is -0.444 e. The van der Waals surface area contributed by atoms with Crippen molar-refractivity contribution in [3.63, 3.8) is 0 Å². The minimum absolute atomic E-state index is 0.161. The molecule has 152 valence electrons. The number of halogens is 4. The van der Waals surface area contributed by atoms with Crippen LogP contribution in [0.3, 0.4) is 0 Å². The predicted octanol–water partition coefficient (Wildman–Crippen LogP) is 4.07. The largest absolute Gasteiger partial charge is 0.444 e. The zero-order chi connectivity index (χ0) is 21.0. The number of aliphatic imine (C=N–C) groups is 1. The van der Waals surface area contributed by atoms with Crippen LogP contribution in [0.4, 0.5) is 17.6 Å². The van der Waals surface area contributed by atoms with Crippen molar-refractivity contribution >= 4 is 5.96 Å². The Bertz CT molecular complexity index is 1010. The number of hydrogen-bond donors (Lipinski definition) is 2. The summed E-state index contributed by atoms with van der Waals surface area (Å²) in [5, 5.41) is 5.49. The third-order valence-electron chi connectivity index (χ3n) is 4.15. The Morgan fingerprint density at radius 1 is 1.00 bits per heavy atom. The molecule has 0 aliphatic heterocycles. The Hall–Kier alpha value is -3.36. The van der Waals surface area contributed by atoms with Crippen LogP contribution in [-0.2, 0) is 13.1 Å². The second-order valence-electron chi connectivity index (χ2n) is 6.24. The maximum Gasteiger partial charge on any atom is 0.226 e. The van der Waals surface area contributed by atoms with E-state index in [1.165, 1.54) is 13.3 Å². The Kier molecular flexibility index (Phi) is 6.16. The highest BCUT2D eigenvalue weighted by molar-refractivity contribution is 5.79. The number of benzene rings is 2. The molecule has 0 unspecified atom stereocenters. The lowest BCUT2D eigenvalue weighted by Gasteiger charge is -2.12. The standard InChI is InChI=1S/C20H18F4N4O/c1-11-3-5-12(6-4-11)19-28-13(10-29-19)8-26-20(25-2)27-9-14-17(23)15(21)7-16(22)18(14)24/h3-7,10H,8-9H2,1-2H3,(H2,25,26,27). The molecule has 9 heteroatoms. The van der Waals surface area contributed by atoms with E-state index in [1.54, 1.807) is 0 Å². The second kappa shape index (κ2) is 8.76. The maximum absolute atomic E-state index is 13.7. The number of nitrogens with one attached hydrogen (secondary N) is 2. The first-order valence-electron chi connectivity index (χ1n) is 8.67. The maximum atomic E-state index is 13.7. The normalized spacial score (nSPS) is 11.6. The lowest BCUT2D eigenvalue weighted by molar-refractivity contribution is 0.437. The van der Waals surface area contributed by atoms with Crippen molar-refractivity contribution in [2.24, 2.45) is 4.99 Å². The lowest BCUT2D eigenvalue weighted by Crippen LogP contribution is -2.37. The molecule has 2 N–H and O–H groups in total. The van der Waals surface area contributed by atoms with E-state index in [0.717, 1.165) is 11.1 Å². The van der Waals surface area contributed by atoms with E-state index in [2.05, 4.69) is 20.6 Å². The van der Waals surface area contributed by atoms with Gasteiger partial charge in [0.25, 0.3) is 0 Å². The number of guanidine groups is 1. The van der Waals surface area contributed by atoms with Gasteiger partial charge in [-0.15, -0.1) is 0 Å². The Morgan fingerprint density at radius 3 is 2.24 bits per heavy atom. The summed E-state index contributed by atoms with van der Waals surface area (Å²) in [7, 11) is 1.44. The fourth-order valence-electron chi connectivity index (χ4n) is 2.56. The molecule has 3 aromatic rings. The van der Waals surface area contributed by atoms with Gasteiger partial charge in [-0.2, -0.15) is 0 Å². The summed E-state index contributed by atoms with van der Waals surface area (Å²) < 4.78 is 59.5. The van der Waals surface area contributed by atoms with Crippen LogP contribution in [0.5, 0.6) is 0 Å². The van der Waals surface area contributed by atoms with Crippen molar-refractivity contribution in [2.45, 2.75) is 20.0 Å². The third-order valence-corrected chi connectivity index (χ3v) is 4.15. The smallest absolute Gasteiger partial charge is 0.226 e. The highest BCUT2D eigenvalue weighted by Crippen LogP contribution is 2.20. The van der Waals surface area contributed by atoms with Crippen LogP contribution in [0.25, 0.3) is 11.5 Å². The highest BCUT2D eigenvalue weighted by atomic mass is 19.2. The average Bonchev–Trinajstić information content (AvgIpc) is 3.18. The summed E-state index contributed by atoms with van der Waals surface area (Å²) >= 11 is 0. The Labute approximate surface area is 164 Å². The first-order chi connectivity index (χ1) is 13.9. The summed E-state index contributed by atoms with van der Waals surface area (Å²) in [6.45, 7) is 1.68. The number of rotatable bonds is 5. The summed E-state index contributed by atoms with van der Waals surface area (Å²) in [5.41, 5.74) is 1.75. The van der Waals surface area contributed by atoms with Gasteiger partial charge in [0.2, 0.25) is 5.89 Å². The topological polar surface area (TPSA) is 62.5 Å². The monoisotopic (exact) mass is 406 g/mol. The first-order valence-corrected chi connectivity index (χ1v) is 8.67. The van der Waals surface area contributed by atoms with E-state index in [9.17, 15) is 17.6 Å². The molecule has 0 bridgehead atoms. The van der Waals surface area contributed by atoms with Crippen molar-refractivity contribution in [3.05, 3.63) is 76.7 Å². The molecule has 0 aliphatic rings. The molecule has 3 rings (SSSR count). The summed E-state index contributed by atoms with van der Waals surface area (Å²) in [5.74, 6) is -5.22. The molecule has 0 saturated carbocycles. The molecule has 0 atom stereocenters. The van der Waals surface area contributed by atoms with Crippen molar-refractivity contribution in [1.82, 2.24) is 15.6 Å². The molecule has 29 heavy (non-hydrogen) atoms. The van der Waals surface area contributed by atoms with E-state index in [4.69, 9.17) is 4.42 Å². The number of hydrogen-bond acceptors (Lipinski definition) is 3. The minimum atomic E-state index is -1.46. The van der Waals surface area contributed by atoms with Crippen LogP contribution >= 0.6 is 0 Å². The molecule has 0 aliphatic carbocycles. The zero-order valence-corrected chi connectivity index (χ0v) is 15.7. The molecular weight excluding hydrogens is 388 g/mol. The Balaban J connectivity index is 1.61. The van der Waals surface area contributed by atoms with E-state index >= 15 is 0 Å². The van der Waals surface area contributed by atoms with E-state index in [-0.39, 0.29) is 18.6 Å².